The molecular weight excluding hydrogens is 252 g/mol. The number of alkyl halides is 2. The van der Waals surface area contributed by atoms with Crippen LogP contribution < -0.4 is 5.11 Å². The molecule has 1 saturated carbocycles. The monoisotopic (exact) mass is 255 g/mol. The SMILES string of the molecule is C[C@]1(C(=O)[O-])CC1(Br)Br. The first-order chi connectivity index (χ1) is 3.90. The summed E-state index contributed by atoms with van der Waals surface area (Å²) in [7, 11) is 0. The van der Waals surface area contributed by atoms with Gasteiger partial charge in [0.05, 0.1) is 3.23 Å². The molecule has 1 fully saturated rings. The highest BCUT2D eigenvalue weighted by molar-refractivity contribution is 9.25. The van der Waals surface area contributed by atoms with E-state index in [4.69, 9.17) is 0 Å². The first-order valence-corrected chi connectivity index (χ1v) is 4.08. The summed E-state index contributed by atoms with van der Waals surface area (Å²) in [5, 5.41) is 10.3. The molecule has 0 aromatic carbocycles. The third kappa shape index (κ3) is 0.923. The summed E-state index contributed by atoms with van der Waals surface area (Å²) in [5.74, 6) is -1.00. The van der Waals surface area contributed by atoms with Gasteiger partial charge in [0, 0.05) is 11.4 Å². The summed E-state index contributed by atoms with van der Waals surface area (Å²) < 4.78 is -0.411. The Morgan fingerprint density at radius 3 is 2.00 bits per heavy atom. The predicted molar refractivity (Wildman–Crippen MR) is 38.3 cm³/mol. The van der Waals surface area contributed by atoms with Gasteiger partial charge >= 0.3 is 0 Å². The smallest absolute Gasteiger partial charge is 0.0921 e. The Morgan fingerprint density at radius 1 is 1.67 bits per heavy atom. The van der Waals surface area contributed by atoms with Crippen molar-refractivity contribution in [3.63, 3.8) is 0 Å². The normalized spacial score (nSPS) is 38.1. The molecule has 1 rings (SSSR count). The maximum Gasteiger partial charge on any atom is 0.0921 e. The van der Waals surface area contributed by atoms with Crippen LogP contribution in [0.25, 0.3) is 0 Å². The largest absolute Gasteiger partial charge is 0.549 e. The Kier molecular flexibility index (Phi) is 1.44. The molecule has 1 aliphatic rings. The van der Waals surface area contributed by atoms with Crippen LogP contribution in [0.5, 0.6) is 0 Å². The molecular formula is C5H5Br2O2-. The van der Waals surface area contributed by atoms with Gasteiger partial charge in [-0.2, -0.15) is 0 Å². The third-order valence-electron chi connectivity index (χ3n) is 1.71. The number of halogens is 2. The topological polar surface area (TPSA) is 40.1 Å². The minimum atomic E-state index is -1.00. The molecule has 0 N–H and O–H groups in total. The first-order valence-electron chi connectivity index (χ1n) is 2.49. The van der Waals surface area contributed by atoms with Gasteiger partial charge < -0.3 is 9.90 Å². The van der Waals surface area contributed by atoms with Crippen LogP contribution in [0, 0.1) is 5.41 Å². The quantitative estimate of drug-likeness (QED) is 0.646. The van der Waals surface area contributed by atoms with Gasteiger partial charge in [-0.25, -0.2) is 0 Å². The van der Waals surface area contributed by atoms with E-state index >= 15 is 0 Å². The van der Waals surface area contributed by atoms with Crippen LogP contribution in [0.15, 0.2) is 0 Å². The molecule has 0 bridgehead atoms. The maximum atomic E-state index is 10.3. The van der Waals surface area contributed by atoms with E-state index in [1.165, 1.54) is 0 Å². The molecule has 2 nitrogen and oxygen atoms in total. The first kappa shape index (κ1) is 7.54. The summed E-state index contributed by atoms with van der Waals surface area (Å²) in [6.07, 6.45) is 0.586. The number of hydrogen-bond donors (Lipinski definition) is 0. The van der Waals surface area contributed by atoms with Gasteiger partial charge in [0.15, 0.2) is 0 Å². The van der Waals surface area contributed by atoms with E-state index < -0.39 is 14.6 Å². The zero-order chi connectivity index (χ0) is 7.28. The molecule has 9 heavy (non-hydrogen) atoms. The number of carboxylic acid groups (broad SMARTS) is 1. The molecule has 0 aromatic rings. The number of carbonyl (C=O) groups is 1. The lowest BCUT2D eigenvalue weighted by Crippen LogP contribution is -2.33. The number of carboxylic acids is 1. The van der Waals surface area contributed by atoms with Gasteiger partial charge in [0.25, 0.3) is 0 Å². The molecule has 1 aliphatic carbocycles. The van der Waals surface area contributed by atoms with Crippen molar-refractivity contribution in [2.45, 2.75) is 16.6 Å². The van der Waals surface area contributed by atoms with Crippen molar-refractivity contribution in [3.05, 3.63) is 0 Å². The lowest BCUT2D eigenvalue weighted by Gasteiger charge is -2.12. The molecule has 52 valence electrons. The number of carbonyl (C=O) groups excluding carboxylic acids is 1. The molecule has 0 amide bonds. The van der Waals surface area contributed by atoms with Crippen LogP contribution in [0.1, 0.15) is 13.3 Å². The Morgan fingerprint density at radius 2 is 2.00 bits per heavy atom. The zero-order valence-corrected chi connectivity index (χ0v) is 7.95. The Bertz CT molecular complexity index is 166. The standard InChI is InChI=1S/C5H6Br2O2/c1-4(3(8)9)2-5(4,6)7/h2H2,1H3,(H,8,9)/p-1/t4-/m1/s1. The van der Waals surface area contributed by atoms with Gasteiger partial charge in [-0.05, 0) is 6.42 Å². The lowest BCUT2D eigenvalue weighted by atomic mass is 10.2. The van der Waals surface area contributed by atoms with Crippen LogP contribution in [-0.4, -0.2) is 9.20 Å². The van der Waals surface area contributed by atoms with Gasteiger partial charge in [0.2, 0.25) is 0 Å². The fourth-order valence-electron chi connectivity index (χ4n) is 0.621. The molecule has 0 aromatic heterocycles. The highest BCUT2D eigenvalue weighted by atomic mass is 79.9. The predicted octanol–water partition coefficient (Wildman–Crippen LogP) is 0.632. The van der Waals surface area contributed by atoms with Crippen molar-refractivity contribution in [2.75, 3.05) is 0 Å². The molecule has 0 heterocycles. The Hall–Kier alpha value is 0.430. The van der Waals surface area contributed by atoms with Gasteiger partial charge in [-0.3, -0.25) is 0 Å². The number of rotatable bonds is 1. The fraction of sp³-hybridized carbons (Fsp3) is 0.800. The third-order valence-corrected chi connectivity index (χ3v) is 4.02. The lowest BCUT2D eigenvalue weighted by molar-refractivity contribution is -0.312. The Labute approximate surface area is 69.9 Å². The summed E-state index contributed by atoms with van der Waals surface area (Å²) in [6.45, 7) is 1.64. The Balaban J connectivity index is 2.74. The van der Waals surface area contributed by atoms with Crippen LogP contribution in [0.2, 0.25) is 0 Å². The van der Waals surface area contributed by atoms with Crippen LogP contribution in [0.4, 0.5) is 0 Å². The zero-order valence-electron chi connectivity index (χ0n) is 4.78. The van der Waals surface area contributed by atoms with Crippen molar-refractivity contribution in [2.24, 2.45) is 5.41 Å². The average Bonchev–Trinajstić information content (AvgIpc) is 2.08. The van der Waals surface area contributed by atoms with Crippen LogP contribution in [0.3, 0.4) is 0 Å². The van der Waals surface area contributed by atoms with E-state index in [1.54, 1.807) is 6.92 Å². The summed E-state index contributed by atoms with van der Waals surface area (Å²) in [5.41, 5.74) is -0.715. The van der Waals surface area contributed by atoms with Gasteiger partial charge in [-0.1, -0.05) is 38.8 Å². The van der Waals surface area contributed by atoms with E-state index in [9.17, 15) is 9.90 Å². The second-order valence-electron chi connectivity index (χ2n) is 2.50. The van der Waals surface area contributed by atoms with Crippen molar-refractivity contribution < 1.29 is 9.90 Å². The molecule has 0 spiro atoms. The van der Waals surface area contributed by atoms with E-state index in [1.807, 2.05) is 0 Å². The molecule has 4 heteroatoms. The van der Waals surface area contributed by atoms with E-state index in [0.29, 0.717) is 6.42 Å². The summed E-state index contributed by atoms with van der Waals surface area (Å²) in [6, 6.07) is 0. The van der Waals surface area contributed by atoms with Crippen molar-refractivity contribution in [1.82, 2.24) is 0 Å². The molecule has 0 saturated heterocycles. The van der Waals surface area contributed by atoms with Crippen LogP contribution >= 0.6 is 31.9 Å². The highest BCUT2D eigenvalue weighted by Crippen LogP contribution is 2.65. The average molecular weight is 257 g/mol. The molecule has 0 unspecified atom stereocenters. The van der Waals surface area contributed by atoms with E-state index in [0.717, 1.165) is 0 Å². The fourth-order valence-corrected chi connectivity index (χ4v) is 2.07. The minimum absolute atomic E-state index is 0.411. The molecule has 1 atom stereocenters. The van der Waals surface area contributed by atoms with Gasteiger partial charge in [-0.15, -0.1) is 0 Å². The summed E-state index contributed by atoms with van der Waals surface area (Å²) >= 11 is 6.41. The van der Waals surface area contributed by atoms with E-state index in [2.05, 4.69) is 31.9 Å². The van der Waals surface area contributed by atoms with Crippen molar-refractivity contribution in [1.29, 1.82) is 0 Å². The van der Waals surface area contributed by atoms with Crippen LogP contribution in [-0.2, 0) is 4.79 Å². The van der Waals surface area contributed by atoms with E-state index in [-0.39, 0.29) is 0 Å². The second kappa shape index (κ2) is 1.72. The minimum Gasteiger partial charge on any atom is -0.549 e. The second-order valence-corrected chi connectivity index (χ2v) is 6.27. The molecule has 0 aliphatic heterocycles. The molecule has 0 radical (unpaired) electrons. The van der Waals surface area contributed by atoms with Crippen molar-refractivity contribution in [3.8, 4) is 0 Å². The van der Waals surface area contributed by atoms with Gasteiger partial charge in [0.1, 0.15) is 0 Å². The van der Waals surface area contributed by atoms with Crippen molar-refractivity contribution >= 4 is 37.8 Å². The highest BCUT2D eigenvalue weighted by Gasteiger charge is 2.62. The maximum absolute atomic E-state index is 10.3. The number of aliphatic carboxylic acids is 1. The number of hydrogen-bond acceptors (Lipinski definition) is 2. The summed E-state index contributed by atoms with van der Waals surface area (Å²) in [4.78, 5) is 10.3.